The van der Waals surface area contributed by atoms with Gasteiger partial charge in [-0.05, 0) is 37.0 Å². The van der Waals surface area contributed by atoms with Crippen LogP contribution in [0.1, 0.15) is 32.3 Å². The van der Waals surface area contributed by atoms with E-state index in [1.807, 2.05) is 13.8 Å². The molecule has 0 aliphatic heterocycles. The van der Waals surface area contributed by atoms with E-state index in [0.717, 1.165) is 18.4 Å². The number of hydrogen-bond acceptors (Lipinski definition) is 4. The van der Waals surface area contributed by atoms with Gasteiger partial charge in [-0.1, -0.05) is 13.8 Å². The van der Waals surface area contributed by atoms with E-state index in [4.69, 9.17) is 4.74 Å². The van der Waals surface area contributed by atoms with Gasteiger partial charge in [0.15, 0.2) is 0 Å². The SMILES string of the molecule is COc1ccc(S(=O)(=O)NCC2CC2)cc1CNC(C)C. The third-order valence-corrected chi connectivity index (χ3v) is 4.94. The Morgan fingerprint density at radius 2 is 2.05 bits per heavy atom. The highest BCUT2D eigenvalue weighted by Gasteiger charge is 2.24. The molecule has 0 atom stereocenters. The molecule has 0 heterocycles. The summed E-state index contributed by atoms with van der Waals surface area (Å²) in [5, 5.41) is 3.28. The average Bonchev–Trinajstić information content (AvgIpc) is 3.26. The first-order chi connectivity index (χ1) is 9.92. The highest BCUT2D eigenvalue weighted by molar-refractivity contribution is 7.89. The van der Waals surface area contributed by atoms with Gasteiger partial charge in [-0.25, -0.2) is 13.1 Å². The smallest absolute Gasteiger partial charge is 0.240 e. The van der Waals surface area contributed by atoms with Crippen molar-refractivity contribution in [2.75, 3.05) is 13.7 Å². The van der Waals surface area contributed by atoms with Crippen LogP contribution in [0.2, 0.25) is 0 Å². The monoisotopic (exact) mass is 312 g/mol. The van der Waals surface area contributed by atoms with Gasteiger partial charge >= 0.3 is 0 Å². The molecular weight excluding hydrogens is 288 g/mol. The van der Waals surface area contributed by atoms with Crippen LogP contribution in [-0.2, 0) is 16.6 Å². The second-order valence-electron chi connectivity index (χ2n) is 5.80. The van der Waals surface area contributed by atoms with Crippen molar-refractivity contribution in [3.63, 3.8) is 0 Å². The molecule has 2 rings (SSSR count). The third kappa shape index (κ3) is 4.69. The van der Waals surface area contributed by atoms with Crippen LogP contribution in [0, 0.1) is 5.92 Å². The number of methoxy groups -OCH3 is 1. The van der Waals surface area contributed by atoms with Crippen LogP contribution in [0.3, 0.4) is 0 Å². The highest BCUT2D eigenvalue weighted by atomic mass is 32.2. The first kappa shape index (κ1) is 16.3. The topological polar surface area (TPSA) is 67.4 Å². The van der Waals surface area contributed by atoms with Crippen molar-refractivity contribution in [3.05, 3.63) is 23.8 Å². The zero-order valence-electron chi connectivity index (χ0n) is 12.8. The second-order valence-corrected chi connectivity index (χ2v) is 7.57. The molecule has 2 N–H and O–H groups in total. The van der Waals surface area contributed by atoms with Crippen LogP contribution in [-0.4, -0.2) is 28.1 Å². The molecule has 1 fully saturated rings. The van der Waals surface area contributed by atoms with Gasteiger partial charge in [0.1, 0.15) is 5.75 Å². The largest absolute Gasteiger partial charge is 0.496 e. The Hall–Kier alpha value is -1.11. The maximum absolute atomic E-state index is 12.3. The van der Waals surface area contributed by atoms with Gasteiger partial charge in [0, 0.05) is 24.7 Å². The zero-order chi connectivity index (χ0) is 15.5. The first-order valence-corrected chi connectivity index (χ1v) is 8.80. The summed E-state index contributed by atoms with van der Waals surface area (Å²) in [6.07, 6.45) is 2.24. The average molecular weight is 312 g/mol. The number of rotatable bonds is 8. The van der Waals surface area contributed by atoms with E-state index >= 15 is 0 Å². The lowest BCUT2D eigenvalue weighted by Crippen LogP contribution is -2.26. The summed E-state index contributed by atoms with van der Waals surface area (Å²) in [4.78, 5) is 0.296. The normalized spacial score (nSPS) is 15.4. The number of nitrogens with one attached hydrogen (secondary N) is 2. The fourth-order valence-corrected chi connectivity index (χ4v) is 3.17. The first-order valence-electron chi connectivity index (χ1n) is 7.32. The maximum atomic E-state index is 12.3. The Morgan fingerprint density at radius 3 is 2.62 bits per heavy atom. The van der Waals surface area contributed by atoms with Crippen LogP contribution in [0.25, 0.3) is 0 Å². The van der Waals surface area contributed by atoms with Crippen LogP contribution in [0.4, 0.5) is 0 Å². The standard InChI is InChI=1S/C15H24N2O3S/c1-11(2)16-10-13-8-14(6-7-15(13)20-3)21(18,19)17-9-12-4-5-12/h6-8,11-12,16-17H,4-5,9-10H2,1-3H3. The van der Waals surface area contributed by atoms with Crippen molar-refractivity contribution in [2.24, 2.45) is 5.92 Å². The second kappa shape index (κ2) is 6.77. The minimum Gasteiger partial charge on any atom is -0.496 e. The highest BCUT2D eigenvalue weighted by Crippen LogP contribution is 2.28. The Balaban J connectivity index is 2.16. The molecular formula is C15H24N2O3S. The lowest BCUT2D eigenvalue weighted by atomic mass is 10.2. The quantitative estimate of drug-likeness (QED) is 0.769. The molecule has 1 aliphatic carbocycles. The van der Waals surface area contributed by atoms with Crippen molar-refractivity contribution < 1.29 is 13.2 Å². The molecule has 118 valence electrons. The summed E-state index contributed by atoms with van der Waals surface area (Å²) in [6.45, 7) is 5.20. The van der Waals surface area contributed by atoms with Crippen LogP contribution in [0.15, 0.2) is 23.1 Å². The lowest BCUT2D eigenvalue weighted by Gasteiger charge is -2.14. The molecule has 1 saturated carbocycles. The molecule has 6 heteroatoms. The van der Waals surface area contributed by atoms with Crippen molar-refractivity contribution in [2.45, 2.75) is 44.2 Å². The van der Waals surface area contributed by atoms with Gasteiger partial charge < -0.3 is 10.1 Å². The third-order valence-electron chi connectivity index (χ3n) is 3.52. The minimum absolute atomic E-state index is 0.296. The number of ether oxygens (including phenoxy) is 1. The predicted octanol–water partition coefficient (Wildman–Crippen LogP) is 1.88. The Morgan fingerprint density at radius 1 is 1.33 bits per heavy atom. The number of benzene rings is 1. The van der Waals surface area contributed by atoms with Crippen LogP contribution in [0.5, 0.6) is 5.75 Å². The Labute approximate surface area is 127 Å². The molecule has 5 nitrogen and oxygen atoms in total. The van der Waals surface area contributed by atoms with Crippen molar-refractivity contribution in [1.29, 1.82) is 0 Å². The van der Waals surface area contributed by atoms with E-state index in [2.05, 4.69) is 10.0 Å². The van der Waals surface area contributed by atoms with E-state index in [0.29, 0.717) is 35.7 Å². The van der Waals surface area contributed by atoms with E-state index in [-0.39, 0.29) is 0 Å². The molecule has 0 unspecified atom stereocenters. The number of sulfonamides is 1. The molecule has 1 aromatic carbocycles. The number of hydrogen-bond donors (Lipinski definition) is 2. The van der Waals surface area contributed by atoms with Crippen LogP contribution >= 0.6 is 0 Å². The molecule has 0 aromatic heterocycles. The maximum Gasteiger partial charge on any atom is 0.240 e. The van der Waals surface area contributed by atoms with Gasteiger partial charge in [0.25, 0.3) is 0 Å². The van der Waals surface area contributed by atoms with Crippen molar-refractivity contribution in [3.8, 4) is 5.75 Å². The molecule has 0 amide bonds. The minimum atomic E-state index is -3.43. The summed E-state index contributed by atoms with van der Waals surface area (Å²) in [7, 11) is -1.84. The summed E-state index contributed by atoms with van der Waals surface area (Å²) in [5.74, 6) is 1.21. The molecule has 1 aromatic rings. The lowest BCUT2D eigenvalue weighted by molar-refractivity contribution is 0.406. The zero-order valence-corrected chi connectivity index (χ0v) is 13.7. The molecule has 21 heavy (non-hydrogen) atoms. The van der Waals surface area contributed by atoms with E-state index < -0.39 is 10.0 Å². The van der Waals surface area contributed by atoms with Crippen LogP contribution < -0.4 is 14.8 Å². The molecule has 1 aliphatic rings. The predicted molar refractivity (Wildman–Crippen MR) is 82.9 cm³/mol. The van der Waals surface area contributed by atoms with E-state index in [9.17, 15) is 8.42 Å². The van der Waals surface area contributed by atoms with Gasteiger partial charge in [-0.2, -0.15) is 0 Å². The Bertz CT molecular complexity index is 581. The summed E-state index contributed by atoms with van der Waals surface area (Å²) in [5.41, 5.74) is 0.848. The van der Waals surface area contributed by atoms with Gasteiger partial charge in [-0.3, -0.25) is 0 Å². The summed E-state index contributed by atoms with van der Waals surface area (Å²) < 4.78 is 32.5. The fourth-order valence-electron chi connectivity index (χ4n) is 2.01. The van der Waals surface area contributed by atoms with E-state index in [1.54, 1.807) is 25.3 Å². The van der Waals surface area contributed by atoms with Gasteiger partial charge in [0.2, 0.25) is 10.0 Å². The fraction of sp³-hybridized carbons (Fsp3) is 0.600. The summed E-state index contributed by atoms with van der Waals surface area (Å²) in [6, 6.07) is 5.31. The molecule has 0 spiro atoms. The van der Waals surface area contributed by atoms with Gasteiger partial charge in [0.05, 0.1) is 12.0 Å². The van der Waals surface area contributed by atoms with Crippen molar-refractivity contribution in [1.82, 2.24) is 10.0 Å². The van der Waals surface area contributed by atoms with E-state index in [1.165, 1.54) is 0 Å². The molecule has 0 bridgehead atoms. The van der Waals surface area contributed by atoms with Crippen molar-refractivity contribution >= 4 is 10.0 Å². The summed E-state index contributed by atoms with van der Waals surface area (Å²) >= 11 is 0. The van der Waals surface area contributed by atoms with Gasteiger partial charge in [-0.15, -0.1) is 0 Å². The molecule has 0 saturated heterocycles. The Kier molecular flexibility index (Phi) is 5.24. The molecule has 0 radical (unpaired) electrons.